The summed E-state index contributed by atoms with van der Waals surface area (Å²) in [5.41, 5.74) is 0. The molecule has 0 amide bonds. The summed E-state index contributed by atoms with van der Waals surface area (Å²) in [6.45, 7) is 2.71. The highest BCUT2D eigenvalue weighted by atomic mass is 35.5. The molecular formula is C6H9ClO2. The number of hydrogen-bond donors (Lipinski definition) is 0. The van der Waals surface area contributed by atoms with Crippen LogP contribution in [0.1, 0.15) is 13.3 Å². The molecule has 0 aromatic heterocycles. The topological polar surface area (TPSA) is 26.3 Å². The molecule has 0 aromatic rings. The van der Waals surface area contributed by atoms with Gasteiger partial charge < -0.3 is 4.74 Å². The van der Waals surface area contributed by atoms with Crippen molar-refractivity contribution in [3.63, 3.8) is 0 Å². The summed E-state index contributed by atoms with van der Waals surface area (Å²) in [7, 11) is 0. The SMILES string of the molecule is CC1COC(C(=O)Cl)C1. The van der Waals surface area contributed by atoms with E-state index in [1.807, 2.05) is 6.92 Å². The predicted octanol–water partition coefficient (Wildman–Crippen LogP) is 1.18. The summed E-state index contributed by atoms with van der Waals surface area (Å²) in [6.07, 6.45) is 0.448. The van der Waals surface area contributed by atoms with E-state index in [1.54, 1.807) is 0 Å². The van der Waals surface area contributed by atoms with Crippen molar-refractivity contribution >= 4 is 16.8 Å². The molecule has 1 rings (SSSR count). The highest BCUT2D eigenvalue weighted by Crippen LogP contribution is 2.19. The quantitative estimate of drug-likeness (QED) is 0.522. The molecule has 2 atom stereocenters. The van der Waals surface area contributed by atoms with Gasteiger partial charge in [0.1, 0.15) is 6.10 Å². The molecule has 0 spiro atoms. The lowest BCUT2D eigenvalue weighted by molar-refractivity contribution is -0.119. The van der Waals surface area contributed by atoms with E-state index < -0.39 is 0 Å². The lowest BCUT2D eigenvalue weighted by atomic mass is 10.1. The molecule has 9 heavy (non-hydrogen) atoms. The van der Waals surface area contributed by atoms with E-state index in [0.717, 1.165) is 6.42 Å². The van der Waals surface area contributed by atoms with E-state index in [2.05, 4.69) is 0 Å². The fourth-order valence-corrected chi connectivity index (χ4v) is 1.09. The van der Waals surface area contributed by atoms with Crippen LogP contribution in [-0.4, -0.2) is 18.0 Å². The number of carbonyl (C=O) groups excluding carboxylic acids is 1. The van der Waals surface area contributed by atoms with Crippen LogP contribution >= 0.6 is 11.6 Å². The van der Waals surface area contributed by atoms with Gasteiger partial charge in [-0.2, -0.15) is 0 Å². The number of hydrogen-bond acceptors (Lipinski definition) is 2. The van der Waals surface area contributed by atoms with Crippen LogP contribution in [0.3, 0.4) is 0 Å². The van der Waals surface area contributed by atoms with Crippen molar-refractivity contribution in [2.24, 2.45) is 5.92 Å². The lowest BCUT2D eigenvalue weighted by Crippen LogP contribution is -2.12. The van der Waals surface area contributed by atoms with E-state index in [-0.39, 0.29) is 11.3 Å². The van der Waals surface area contributed by atoms with Crippen LogP contribution in [-0.2, 0) is 9.53 Å². The Morgan fingerprint density at radius 3 is 2.67 bits per heavy atom. The number of halogens is 1. The summed E-state index contributed by atoms with van der Waals surface area (Å²) in [5, 5.41) is -0.362. The van der Waals surface area contributed by atoms with Gasteiger partial charge in [-0.05, 0) is 23.9 Å². The first-order valence-electron chi connectivity index (χ1n) is 3.01. The predicted molar refractivity (Wildman–Crippen MR) is 34.4 cm³/mol. The first kappa shape index (κ1) is 7.03. The molecule has 0 aromatic carbocycles. The Morgan fingerprint density at radius 1 is 1.78 bits per heavy atom. The molecule has 0 aliphatic carbocycles. The second-order valence-corrected chi connectivity index (χ2v) is 2.84. The Hall–Kier alpha value is -0.0800. The van der Waals surface area contributed by atoms with Crippen molar-refractivity contribution in [2.45, 2.75) is 19.4 Å². The standard InChI is InChI=1S/C6H9ClO2/c1-4-2-5(6(7)8)9-3-4/h4-5H,2-3H2,1H3. The second kappa shape index (κ2) is 2.67. The van der Waals surface area contributed by atoms with Crippen molar-refractivity contribution in [1.82, 2.24) is 0 Å². The molecule has 52 valence electrons. The van der Waals surface area contributed by atoms with E-state index in [0.29, 0.717) is 12.5 Å². The smallest absolute Gasteiger partial charge is 0.250 e. The second-order valence-electron chi connectivity index (χ2n) is 2.47. The molecule has 0 radical (unpaired) electrons. The summed E-state index contributed by atoms with van der Waals surface area (Å²) < 4.78 is 5.05. The Balaban J connectivity index is 2.39. The van der Waals surface area contributed by atoms with Gasteiger partial charge in [0, 0.05) is 0 Å². The molecule has 1 aliphatic heterocycles. The average molecular weight is 149 g/mol. The zero-order valence-electron chi connectivity index (χ0n) is 5.26. The van der Waals surface area contributed by atoms with E-state index >= 15 is 0 Å². The van der Waals surface area contributed by atoms with Gasteiger partial charge in [0.15, 0.2) is 0 Å². The van der Waals surface area contributed by atoms with Crippen LogP contribution in [0.25, 0.3) is 0 Å². The maximum absolute atomic E-state index is 10.4. The monoisotopic (exact) mass is 148 g/mol. The molecule has 1 heterocycles. The van der Waals surface area contributed by atoms with Crippen LogP contribution in [0, 0.1) is 5.92 Å². The molecule has 1 saturated heterocycles. The Kier molecular flexibility index (Phi) is 2.09. The van der Waals surface area contributed by atoms with Crippen molar-refractivity contribution in [1.29, 1.82) is 0 Å². The van der Waals surface area contributed by atoms with Gasteiger partial charge in [0.05, 0.1) is 6.61 Å². The van der Waals surface area contributed by atoms with Crippen molar-refractivity contribution in [3.8, 4) is 0 Å². The molecule has 3 heteroatoms. The molecule has 0 bridgehead atoms. The van der Waals surface area contributed by atoms with E-state index in [1.165, 1.54) is 0 Å². The third kappa shape index (κ3) is 1.66. The highest BCUT2D eigenvalue weighted by molar-refractivity contribution is 6.64. The van der Waals surface area contributed by atoms with E-state index in [4.69, 9.17) is 16.3 Å². The number of carbonyl (C=O) groups is 1. The average Bonchev–Trinajstić information content (AvgIpc) is 2.14. The molecule has 2 nitrogen and oxygen atoms in total. The molecule has 2 unspecified atom stereocenters. The van der Waals surface area contributed by atoms with Crippen LogP contribution < -0.4 is 0 Å². The third-order valence-corrected chi connectivity index (χ3v) is 1.69. The number of rotatable bonds is 1. The van der Waals surface area contributed by atoms with Gasteiger partial charge >= 0.3 is 0 Å². The molecule has 0 N–H and O–H groups in total. The molecule has 1 aliphatic rings. The highest BCUT2D eigenvalue weighted by Gasteiger charge is 2.26. The van der Waals surface area contributed by atoms with Crippen LogP contribution in [0.4, 0.5) is 0 Å². The van der Waals surface area contributed by atoms with Crippen LogP contribution in [0.2, 0.25) is 0 Å². The van der Waals surface area contributed by atoms with Gasteiger partial charge in [0.25, 0.3) is 0 Å². The molecule has 0 saturated carbocycles. The largest absolute Gasteiger partial charge is 0.369 e. The molecule has 1 fully saturated rings. The van der Waals surface area contributed by atoms with Crippen molar-refractivity contribution < 1.29 is 9.53 Å². The van der Waals surface area contributed by atoms with Crippen molar-refractivity contribution in [2.75, 3.05) is 6.61 Å². The van der Waals surface area contributed by atoms with E-state index in [9.17, 15) is 4.79 Å². The summed E-state index contributed by atoms with van der Waals surface area (Å²) in [5.74, 6) is 0.484. The fraction of sp³-hybridized carbons (Fsp3) is 0.833. The Labute approximate surface area is 59.1 Å². The Morgan fingerprint density at radius 2 is 2.44 bits per heavy atom. The minimum atomic E-state index is -0.362. The first-order chi connectivity index (χ1) is 4.20. The van der Waals surface area contributed by atoms with Gasteiger partial charge in [-0.25, -0.2) is 0 Å². The normalized spacial score (nSPS) is 34.9. The van der Waals surface area contributed by atoms with Crippen LogP contribution in [0.5, 0.6) is 0 Å². The van der Waals surface area contributed by atoms with Crippen molar-refractivity contribution in [3.05, 3.63) is 0 Å². The first-order valence-corrected chi connectivity index (χ1v) is 3.39. The molecular weight excluding hydrogens is 140 g/mol. The maximum atomic E-state index is 10.4. The summed E-state index contributed by atoms with van der Waals surface area (Å²) in [6, 6.07) is 0. The van der Waals surface area contributed by atoms with Crippen LogP contribution in [0.15, 0.2) is 0 Å². The fourth-order valence-electron chi connectivity index (χ4n) is 0.940. The zero-order valence-corrected chi connectivity index (χ0v) is 6.02. The summed E-state index contributed by atoms with van der Waals surface area (Å²) in [4.78, 5) is 10.4. The van der Waals surface area contributed by atoms with Gasteiger partial charge in [0.2, 0.25) is 5.24 Å². The van der Waals surface area contributed by atoms with Gasteiger partial charge in [-0.1, -0.05) is 6.92 Å². The third-order valence-electron chi connectivity index (χ3n) is 1.45. The minimum Gasteiger partial charge on any atom is -0.369 e. The van der Waals surface area contributed by atoms with Gasteiger partial charge in [-0.15, -0.1) is 0 Å². The number of ether oxygens (including phenoxy) is 1. The zero-order chi connectivity index (χ0) is 6.85. The Bertz CT molecular complexity index is 124. The maximum Gasteiger partial charge on any atom is 0.250 e. The van der Waals surface area contributed by atoms with Gasteiger partial charge in [-0.3, -0.25) is 4.79 Å². The summed E-state index contributed by atoms with van der Waals surface area (Å²) >= 11 is 5.19. The lowest BCUT2D eigenvalue weighted by Gasteiger charge is -1.98. The minimum absolute atomic E-state index is 0.332.